The van der Waals surface area contributed by atoms with Crippen molar-refractivity contribution in [3.05, 3.63) is 122 Å². The quantitative estimate of drug-likeness (QED) is 0.0385. The van der Waals surface area contributed by atoms with Crippen molar-refractivity contribution in [1.29, 1.82) is 0 Å². The van der Waals surface area contributed by atoms with Gasteiger partial charge in [-0.2, -0.15) is 0 Å². The summed E-state index contributed by atoms with van der Waals surface area (Å²) in [6.07, 6.45) is -0.283. The SMILES string of the molecule is O=C(CCCOc1ccc2ccc(=O)oc2c1)OCC(COC(=O)CCCOc1ccc2ccc(=O)oc2c1)OC(=O)CCCOc1ccc2ccc(=O)oc2c1. The first-order valence-corrected chi connectivity index (χ1v) is 18.2. The molecule has 0 fully saturated rings. The van der Waals surface area contributed by atoms with E-state index in [1.165, 1.54) is 18.2 Å². The Morgan fingerprint density at radius 2 is 0.789 bits per heavy atom. The molecule has 0 saturated heterocycles. The van der Waals surface area contributed by atoms with Gasteiger partial charge in [0.05, 0.1) is 19.8 Å². The molecule has 15 nitrogen and oxygen atoms in total. The summed E-state index contributed by atoms with van der Waals surface area (Å²) in [7, 11) is 0. The third kappa shape index (κ3) is 12.3. The molecule has 3 aromatic carbocycles. The van der Waals surface area contributed by atoms with Crippen LogP contribution in [0, 0.1) is 0 Å². The minimum atomic E-state index is -1.08. The molecule has 0 unspecified atom stereocenters. The van der Waals surface area contributed by atoms with Crippen LogP contribution < -0.4 is 31.1 Å². The number of carbonyl (C=O) groups is 3. The first-order valence-electron chi connectivity index (χ1n) is 18.2. The Kier molecular flexibility index (Phi) is 13.7. The summed E-state index contributed by atoms with van der Waals surface area (Å²) in [5, 5.41) is 2.21. The minimum Gasteiger partial charge on any atom is -0.493 e. The second-order valence-corrected chi connectivity index (χ2v) is 12.7. The molecule has 0 aliphatic carbocycles. The van der Waals surface area contributed by atoms with Gasteiger partial charge in [-0.1, -0.05) is 0 Å². The highest BCUT2D eigenvalue weighted by molar-refractivity contribution is 5.79. The van der Waals surface area contributed by atoms with E-state index in [2.05, 4.69) is 0 Å². The average Bonchev–Trinajstić information content (AvgIpc) is 3.20. The summed E-state index contributed by atoms with van der Waals surface area (Å²) in [5.41, 5.74) is -0.322. The van der Waals surface area contributed by atoms with E-state index in [1.54, 1.807) is 72.8 Å². The fourth-order valence-corrected chi connectivity index (χ4v) is 5.49. The predicted molar refractivity (Wildman–Crippen MR) is 203 cm³/mol. The molecule has 3 aromatic heterocycles. The lowest BCUT2D eigenvalue weighted by atomic mass is 10.2. The zero-order chi connectivity index (χ0) is 40.0. The van der Waals surface area contributed by atoms with Gasteiger partial charge < -0.3 is 41.7 Å². The van der Waals surface area contributed by atoms with Crippen LogP contribution in [0.5, 0.6) is 17.2 Å². The van der Waals surface area contributed by atoms with Crippen molar-refractivity contribution in [1.82, 2.24) is 0 Å². The highest BCUT2D eigenvalue weighted by Gasteiger charge is 2.20. The normalized spacial score (nSPS) is 11.1. The number of ether oxygens (including phenoxy) is 6. The van der Waals surface area contributed by atoms with Crippen molar-refractivity contribution >= 4 is 50.8 Å². The highest BCUT2D eigenvalue weighted by Crippen LogP contribution is 2.22. The van der Waals surface area contributed by atoms with Crippen molar-refractivity contribution in [3.8, 4) is 17.2 Å². The first kappa shape index (κ1) is 39.8. The highest BCUT2D eigenvalue weighted by atomic mass is 16.6. The van der Waals surface area contributed by atoms with Gasteiger partial charge in [-0.25, -0.2) is 14.4 Å². The topological polar surface area (TPSA) is 197 Å². The van der Waals surface area contributed by atoms with E-state index < -0.39 is 40.9 Å². The zero-order valence-corrected chi connectivity index (χ0v) is 30.6. The summed E-state index contributed by atoms with van der Waals surface area (Å²) in [5.74, 6) is -0.413. The Labute approximate surface area is 323 Å². The van der Waals surface area contributed by atoms with Gasteiger partial charge in [0, 0.05) is 71.8 Å². The van der Waals surface area contributed by atoms with Gasteiger partial charge in [0.2, 0.25) is 0 Å². The van der Waals surface area contributed by atoms with Crippen LogP contribution in [-0.2, 0) is 28.6 Å². The third-order valence-electron chi connectivity index (χ3n) is 8.32. The molecule has 0 spiro atoms. The number of rotatable bonds is 20. The number of hydrogen-bond donors (Lipinski definition) is 0. The fourth-order valence-electron chi connectivity index (χ4n) is 5.49. The molecule has 0 aliphatic rings. The molecule has 0 amide bonds. The molecule has 296 valence electrons. The number of hydrogen-bond acceptors (Lipinski definition) is 15. The maximum absolute atomic E-state index is 12.8. The lowest BCUT2D eigenvalue weighted by Gasteiger charge is -2.18. The largest absolute Gasteiger partial charge is 0.493 e. The van der Waals surface area contributed by atoms with E-state index in [0.717, 1.165) is 16.2 Å². The van der Waals surface area contributed by atoms with Crippen molar-refractivity contribution < 1.29 is 56.1 Å². The number of esters is 3. The molecule has 15 heteroatoms. The Hall–Kier alpha value is -6.90. The van der Waals surface area contributed by atoms with Gasteiger partial charge in [0.25, 0.3) is 0 Å². The Balaban J connectivity index is 0.941. The van der Waals surface area contributed by atoms with E-state index >= 15 is 0 Å². The summed E-state index contributed by atoms with van der Waals surface area (Å²) in [6, 6.07) is 24.1. The molecule has 6 rings (SSSR count). The summed E-state index contributed by atoms with van der Waals surface area (Å²) >= 11 is 0. The average molecular weight is 783 g/mol. The van der Waals surface area contributed by atoms with Crippen LogP contribution in [0.25, 0.3) is 32.9 Å². The van der Waals surface area contributed by atoms with Crippen LogP contribution in [-0.4, -0.2) is 57.0 Å². The monoisotopic (exact) mass is 782 g/mol. The molecular weight excluding hydrogens is 744 g/mol. The van der Waals surface area contributed by atoms with E-state index in [0.29, 0.717) is 46.8 Å². The van der Waals surface area contributed by atoms with E-state index in [4.69, 9.17) is 41.7 Å². The maximum atomic E-state index is 12.8. The number of carbonyl (C=O) groups excluding carboxylic acids is 3. The molecule has 0 bridgehead atoms. The Morgan fingerprint density at radius 3 is 1.16 bits per heavy atom. The first-order chi connectivity index (χ1) is 27.7. The van der Waals surface area contributed by atoms with E-state index in [1.807, 2.05) is 0 Å². The third-order valence-corrected chi connectivity index (χ3v) is 8.32. The Bertz CT molecular complexity index is 2400. The lowest BCUT2D eigenvalue weighted by Crippen LogP contribution is -2.31. The minimum absolute atomic E-state index is 0.0119. The zero-order valence-electron chi connectivity index (χ0n) is 30.6. The van der Waals surface area contributed by atoms with Crippen LogP contribution in [0.2, 0.25) is 0 Å². The molecule has 6 aromatic rings. The molecular formula is C42H38O15. The molecule has 0 N–H and O–H groups in total. The molecule has 0 radical (unpaired) electrons. The number of fused-ring (bicyclic) bond motifs is 3. The Morgan fingerprint density at radius 1 is 0.456 bits per heavy atom. The van der Waals surface area contributed by atoms with Crippen molar-refractivity contribution in [2.45, 2.75) is 44.6 Å². The van der Waals surface area contributed by atoms with Gasteiger partial charge in [-0.05, 0) is 73.9 Å². The molecule has 3 heterocycles. The maximum Gasteiger partial charge on any atom is 0.336 e. The molecule has 57 heavy (non-hydrogen) atoms. The molecule has 0 aliphatic heterocycles. The number of benzene rings is 3. The predicted octanol–water partition coefficient (Wildman–Crippen LogP) is 5.88. The molecule has 0 atom stereocenters. The van der Waals surface area contributed by atoms with Gasteiger partial charge in [-0.15, -0.1) is 0 Å². The van der Waals surface area contributed by atoms with Crippen molar-refractivity contribution in [2.75, 3.05) is 33.0 Å². The standard InChI is InChI=1S/C42H38O15/c43-37(4-1-19-49-30-13-7-27-10-16-40(46)55-34(27)22-30)52-25-33(54-39(45)6-3-21-51-32-15-9-29-12-18-42(48)57-36(29)24-32)26-53-38(44)5-2-20-50-31-14-8-28-11-17-41(47)56-35(28)23-31/h7-18,22-24,33H,1-6,19-21,25-26H2. The van der Waals surface area contributed by atoms with Crippen LogP contribution in [0.15, 0.2) is 119 Å². The van der Waals surface area contributed by atoms with Crippen LogP contribution in [0.4, 0.5) is 0 Å². The van der Waals surface area contributed by atoms with Gasteiger partial charge in [0.1, 0.15) is 47.2 Å². The smallest absolute Gasteiger partial charge is 0.336 e. The lowest BCUT2D eigenvalue weighted by molar-refractivity contribution is -0.167. The van der Waals surface area contributed by atoms with Crippen LogP contribution >= 0.6 is 0 Å². The van der Waals surface area contributed by atoms with E-state index in [9.17, 15) is 28.8 Å². The fraction of sp³-hybridized carbons (Fsp3) is 0.286. The van der Waals surface area contributed by atoms with Gasteiger partial charge in [0.15, 0.2) is 6.10 Å². The van der Waals surface area contributed by atoms with Crippen molar-refractivity contribution in [2.24, 2.45) is 0 Å². The molecule has 0 saturated carbocycles. The van der Waals surface area contributed by atoms with Gasteiger partial charge in [-0.3, -0.25) is 14.4 Å². The summed E-state index contributed by atoms with van der Waals surface area (Å²) in [4.78, 5) is 72.5. The second kappa shape index (κ2) is 19.6. The second-order valence-electron chi connectivity index (χ2n) is 12.7. The van der Waals surface area contributed by atoms with Crippen LogP contribution in [0.1, 0.15) is 38.5 Å². The van der Waals surface area contributed by atoms with Crippen molar-refractivity contribution in [3.63, 3.8) is 0 Å². The van der Waals surface area contributed by atoms with Gasteiger partial charge >= 0.3 is 34.8 Å². The van der Waals surface area contributed by atoms with Crippen LogP contribution in [0.3, 0.4) is 0 Å². The van der Waals surface area contributed by atoms with E-state index in [-0.39, 0.29) is 58.7 Å². The summed E-state index contributed by atoms with van der Waals surface area (Å²) in [6.45, 7) is -0.225. The summed E-state index contributed by atoms with van der Waals surface area (Å²) < 4.78 is 48.8.